The summed E-state index contributed by atoms with van der Waals surface area (Å²) < 4.78 is 0. The molecule has 0 unspecified atom stereocenters. The zero-order chi connectivity index (χ0) is 31.2. The zero-order valence-corrected chi connectivity index (χ0v) is 31.2. The number of hydrogen-bond acceptors (Lipinski definition) is 3. The number of carbonyl (C=O) groups excluding carboxylic acids is 1. The molecule has 0 bridgehead atoms. The Morgan fingerprint density at radius 2 is 1.44 bits per heavy atom. The van der Waals surface area contributed by atoms with Crippen LogP contribution in [-0.2, 0) is 24.9 Å². The average molecular weight is 773 g/mol. The van der Waals surface area contributed by atoms with Crippen LogP contribution in [0.5, 0.6) is 0 Å². The molecule has 3 nitrogen and oxygen atoms in total. The van der Waals surface area contributed by atoms with Crippen molar-refractivity contribution >= 4 is 40.6 Å². The van der Waals surface area contributed by atoms with Gasteiger partial charge in [-0.05, 0) is 65.9 Å². The minimum atomic E-state index is -1.31. The number of aliphatic hydroxyl groups is 1. The van der Waals surface area contributed by atoms with Gasteiger partial charge in [0.2, 0.25) is 0 Å². The molecule has 3 aromatic carbocycles. The number of aromatic nitrogens is 1. The fourth-order valence-electron chi connectivity index (χ4n) is 5.77. The van der Waals surface area contributed by atoms with Crippen molar-refractivity contribution in [3.8, 4) is 11.3 Å². The third kappa shape index (κ3) is 8.74. The summed E-state index contributed by atoms with van der Waals surface area (Å²) in [6.45, 7) is 21.3. The third-order valence-electron chi connectivity index (χ3n) is 8.51. The largest absolute Gasteiger partial charge is 0.512 e. The summed E-state index contributed by atoms with van der Waals surface area (Å²) >= 11 is 0. The molecule has 0 amide bonds. The minimum Gasteiger partial charge on any atom is -0.512 e. The quantitative estimate of drug-likeness (QED) is 0.0606. The van der Waals surface area contributed by atoms with Crippen LogP contribution < -0.4 is 5.19 Å². The van der Waals surface area contributed by atoms with Crippen LogP contribution in [-0.4, -0.2) is 23.9 Å². The Balaban J connectivity index is 0.000000332. The molecule has 1 N–H and O–H groups in total. The number of pyridine rings is 1. The predicted molar refractivity (Wildman–Crippen MR) is 184 cm³/mol. The topological polar surface area (TPSA) is 50.2 Å². The van der Waals surface area contributed by atoms with Crippen molar-refractivity contribution in [1.29, 1.82) is 0 Å². The van der Waals surface area contributed by atoms with Crippen molar-refractivity contribution in [2.45, 2.75) is 93.8 Å². The van der Waals surface area contributed by atoms with Crippen LogP contribution in [0.2, 0.25) is 19.6 Å². The molecule has 4 aromatic rings. The summed E-state index contributed by atoms with van der Waals surface area (Å²) in [5.41, 5.74) is 5.06. The second-order valence-corrected chi connectivity index (χ2v) is 17.7. The van der Waals surface area contributed by atoms with E-state index in [1.807, 2.05) is 33.9 Å². The first-order valence-corrected chi connectivity index (χ1v) is 19.1. The number of allylic oxidation sites excluding steroid dienone is 2. The van der Waals surface area contributed by atoms with Gasteiger partial charge in [-0.25, -0.2) is 0 Å². The summed E-state index contributed by atoms with van der Waals surface area (Å²) in [5.74, 6) is 0.631. The molecule has 1 heterocycles. The number of fused-ring (bicyclic) bond motifs is 3. The summed E-state index contributed by atoms with van der Waals surface area (Å²) in [5, 5.41) is 16.6. The number of Topliss-reactive ketones (excluding diaryl/α,β-unsaturated/α-hetero) is 1. The van der Waals surface area contributed by atoms with Gasteiger partial charge in [-0.3, -0.25) is 4.79 Å². The van der Waals surface area contributed by atoms with Crippen LogP contribution in [0.25, 0.3) is 32.8 Å². The summed E-state index contributed by atoms with van der Waals surface area (Å²) in [4.78, 5) is 16.8. The van der Waals surface area contributed by atoms with Gasteiger partial charge in [0.15, 0.2) is 5.78 Å². The van der Waals surface area contributed by atoms with Crippen LogP contribution in [0, 0.1) is 31.7 Å². The van der Waals surface area contributed by atoms with Crippen molar-refractivity contribution in [2.24, 2.45) is 11.8 Å². The number of rotatable bonds is 9. The van der Waals surface area contributed by atoms with Crippen molar-refractivity contribution in [2.75, 3.05) is 0 Å². The van der Waals surface area contributed by atoms with Crippen molar-refractivity contribution in [3.05, 3.63) is 83.3 Å². The Morgan fingerprint density at radius 1 is 0.837 bits per heavy atom. The molecule has 0 saturated carbocycles. The first kappa shape index (κ1) is 36.6. The van der Waals surface area contributed by atoms with Gasteiger partial charge in [-0.1, -0.05) is 96.7 Å². The van der Waals surface area contributed by atoms with E-state index in [4.69, 9.17) is 4.98 Å². The van der Waals surface area contributed by atoms with E-state index in [1.54, 1.807) is 6.92 Å². The molecule has 233 valence electrons. The van der Waals surface area contributed by atoms with E-state index in [9.17, 15) is 9.90 Å². The number of benzene rings is 3. The van der Waals surface area contributed by atoms with E-state index in [2.05, 4.69) is 88.1 Å². The van der Waals surface area contributed by atoms with Crippen molar-refractivity contribution in [1.82, 2.24) is 4.98 Å². The maximum absolute atomic E-state index is 12.1. The summed E-state index contributed by atoms with van der Waals surface area (Å²) in [7, 11) is -1.31. The van der Waals surface area contributed by atoms with Crippen LogP contribution in [0.15, 0.2) is 66.1 Å². The van der Waals surface area contributed by atoms with E-state index in [0.717, 1.165) is 42.5 Å². The van der Waals surface area contributed by atoms with Gasteiger partial charge < -0.3 is 10.1 Å². The Morgan fingerprint density at radius 3 is 2.00 bits per heavy atom. The molecular weight excluding hydrogens is 723 g/mol. The van der Waals surface area contributed by atoms with E-state index in [-0.39, 0.29) is 37.7 Å². The van der Waals surface area contributed by atoms with Gasteiger partial charge in [0.05, 0.1) is 8.07 Å². The van der Waals surface area contributed by atoms with Gasteiger partial charge >= 0.3 is 0 Å². The van der Waals surface area contributed by atoms with Crippen molar-refractivity contribution < 1.29 is 30.0 Å². The molecule has 0 aliphatic heterocycles. The fraction of sp³-hybridized carbons (Fsp3) is 0.421. The van der Waals surface area contributed by atoms with E-state index >= 15 is 0 Å². The first-order valence-electron chi connectivity index (χ1n) is 15.6. The molecule has 0 spiro atoms. The van der Waals surface area contributed by atoms with Gasteiger partial charge in [0.1, 0.15) is 5.76 Å². The molecule has 0 saturated heterocycles. The van der Waals surface area contributed by atoms with Gasteiger partial charge in [0, 0.05) is 43.7 Å². The fourth-order valence-corrected chi connectivity index (χ4v) is 6.95. The zero-order valence-electron chi connectivity index (χ0n) is 27.8. The molecule has 0 fully saturated rings. The Kier molecular flexibility index (Phi) is 13.6. The molecule has 1 aromatic heterocycles. The number of carbonyl (C=O) groups is 1. The van der Waals surface area contributed by atoms with Crippen LogP contribution in [0.3, 0.4) is 0 Å². The van der Waals surface area contributed by atoms with Crippen LogP contribution in [0.4, 0.5) is 0 Å². The monoisotopic (exact) mass is 773 g/mol. The average Bonchev–Trinajstić information content (AvgIpc) is 2.96. The Labute approximate surface area is 274 Å². The second-order valence-electron chi connectivity index (χ2n) is 12.7. The summed E-state index contributed by atoms with van der Waals surface area (Å²) in [6.07, 6.45) is 5.40. The number of aryl methyl sites for hydroxylation is 2. The molecule has 4 rings (SSSR count). The third-order valence-corrected chi connectivity index (χ3v) is 10.6. The van der Waals surface area contributed by atoms with E-state index < -0.39 is 8.07 Å². The van der Waals surface area contributed by atoms with Gasteiger partial charge in [-0.2, -0.15) is 0 Å². The second kappa shape index (κ2) is 15.9. The summed E-state index contributed by atoms with van der Waals surface area (Å²) in [6, 6.07) is 21.4. The maximum Gasteiger partial charge on any atom is 0.164 e. The molecule has 0 aliphatic carbocycles. The molecule has 1 radical (unpaired) electrons. The van der Waals surface area contributed by atoms with E-state index in [0.29, 0.717) is 11.3 Å². The normalized spacial score (nSPS) is 12.2. The number of hydrogen-bond donors (Lipinski definition) is 1. The molecule has 0 aliphatic rings. The number of ketones is 1. The van der Waals surface area contributed by atoms with Gasteiger partial charge in [-0.15, -0.1) is 34.9 Å². The van der Waals surface area contributed by atoms with Crippen LogP contribution in [0.1, 0.15) is 71.4 Å². The SMILES string of the molecule is CCC(CC)C(=O)/C(C)=C(\O)C(CC)CC.Cc1[c-]c(-c2nccc3c2ccc2cc([Si](C)(C)C)ccc23)cc(C)c1.[Ir]. The first-order chi connectivity index (χ1) is 19.9. The molecule has 5 heteroatoms. The Bertz CT molecular complexity index is 1560. The van der Waals surface area contributed by atoms with E-state index in [1.165, 1.54) is 32.3 Å². The molecule has 0 atom stereocenters. The maximum atomic E-state index is 12.1. The number of nitrogens with zero attached hydrogens (tertiary/aromatic N) is 1. The smallest absolute Gasteiger partial charge is 0.164 e. The predicted octanol–water partition coefficient (Wildman–Crippen LogP) is 10.3. The van der Waals surface area contributed by atoms with Gasteiger partial charge in [0.25, 0.3) is 0 Å². The molecular formula is C38H50IrNO2Si-. The standard InChI is InChI=1S/C24H24NSi.C14H26O2.Ir/c1-16-12-17(2)14-19(13-16)24-23-8-6-18-15-20(26(3,4)5)7-9-21(18)22(23)10-11-25-24;1-6-11(7-2)13(15)10(5)14(16)12(8-3)9-4;/h6-13,15H,1-5H3;11-12,15H,6-9H2,1-5H3;/q-1;;/b;13-10-;. The Hall–Kier alpha value is -2.59. The van der Waals surface area contributed by atoms with Crippen molar-refractivity contribution in [3.63, 3.8) is 0 Å². The number of aliphatic hydroxyl groups excluding tert-OH is 1. The molecule has 43 heavy (non-hydrogen) atoms. The minimum absolute atomic E-state index is 0. The van der Waals surface area contributed by atoms with Crippen LogP contribution >= 0.6 is 0 Å².